The smallest absolute Gasteiger partial charge is 0.387 e. The first kappa shape index (κ1) is 20.7. The van der Waals surface area contributed by atoms with Crippen LogP contribution < -0.4 is 15.4 Å². The van der Waals surface area contributed by atoms with Gasteiger partial charge in [-0.3, -0.25) is 19.7 Å². The molecule has 1 unspecified atom stereocenters. The summed E-state index contributed by atoms with van der Waals surface area (Å²) in [6, 6.07) is 10.5. The topological polar surface area (TPSA) is 111 Å². The molecule has 0 radical (unpaired) electrons. The van der Waals surface area contributed by atoms with E-state index in [4.69, 9.17) is 0 Å². The SMILES string of the molecule is CC(NC(=O)CNC(=O)c1cccc([N+](=O)[O-])c1)c1ccc(OC(F)F)cc1. The van der Waals surface area contributed by atoms with Crippen molar-refractivity contribution in [2.24, 2.45) is 0 Å². The van der Waals surface area contributed by atoms with Crippen molar-refractivity contribution in [3.05, 3.63) is 69.8 Å². The van der Waals surface area contributed by atoms with Gasteiger partial charge in [-0.2, -0.15) is 8.78 Å². The lowest BCUT2D eigenvalue weighted by Crippen LogP contribution is -2.38. The predicted octanol–water partition coefficient (Wildman–Crippen LogP) is 2.80. The first-order chi connectivity index (χ1) is 13.3. The molecule has 0 heterocycles. The van der Waals surface area contributed by atoms with Crippen molar-refractivity contribution in [2.75, 3.05) is 6.54 Å². The summed E-state index contributed by atoms with van der Waals surface area (Å²) >= 11 is 0. The number of carbonyl (C=O) groups excluding carboxylic acids is 2. The van der Waals surface area contributed by atoms with Crippen molar-refractivity contribution in [3.63, 3.8) is 0 Å². The first-order valence-electron chi connectivity index (χ1n) is 8.13. The minimum atomic E-state index is -2.92. The summed E-state index contributed by atoms with van der Waals surface area (Å²) in [5.74, 6) is -1.11. The minimum absolute atomic E-state index is 0.00138. The Bertz CT molecular complexity index is 859. The summed E-state index contributed by atoms with van der Waals surface area (Å²) in [5.41, 5.74) is 0.481. The number of non-ortho nitro benzene ring substituents is 1. The van der Waals surface area contributed by atoms with Crippen molar-refractivity contribution in [2.45, 2.75) is 19.6 Å². The van der Waals surface area contributed by atoms with Crippen molar-refractivity contribution in [1.29, 1.82) is 0 Å². The third kappa shape index (κ3) is 6.01. The molecule has 0 spiro atoms. The van der Waals surface area contributed by atoms with Gasteiger partial charge in [0, 0.05) is 17.7 Å². The maximum Gasteiger partial charge on any atom is 0.387 e. The molecule has 8 nitrogen and oxygen atoms in total. The van der Waals surface area contributed by atoms with E-state index in [2.05, 4.69) is 15.4 Å². The third-order valence-corrected chi connectivity index (χ3v) is 3.71. The van der Waals surface area contributed by atoms with Crippen LogP contribution in [0, 0.1) is 10.1 Å². The van der Waals surface area contributed by atoms with Crippen LogP contribution in [-0.2, 0) is 4.79 Å². The van der Waals surface area contributed by atoms with Gasteiger partial charge in [-0.15, -0.1) is 0 Å². The van der Waals surface area contributed by atoms with Crippen LogP contribution >= 0.6 is 0 Å². The summed E-state index contributed by atoms with van der Waals surface area (Å²) in [6.07, 6.45) is 0. The van der Waals surface area contributed by atoms with Crippen LogP contribution in [0.2, 0.25) is 0 Å². The number of halogens is 2. The molecule has 0 bridgehead atoms. The number of hydrogen-bond acceptors (Lipinski definition) is 5. The Kier molecular flexibility index (Phi) is 6.96. The molecule has 2 N–H and O–H groups in total. The standard InChI is InChI=1S/C18H17F2N3O5/c1-11(12-5-7-15(8-6-12)28-18(19)20)22-16(24)10-21-17(25)13-3-2-4-14(9-13)23(26)27/h2-9,11,18H,10H2,1H3,(H,21,25)(H,22,24). The van der Waals surface area contributed by atoms with Gasteiger partial charge in [0.25, 0.3) is 11.6 Å². The molecule has 2 aromatic carbocycles. The fourth-order valence-electron chi connectivity index (χ4n) is 2.34. The molecule has 2 rings (SSSR count). The highest BCUT2D eigenvalue weighted by molar-refractivity contribution is 5.97. The molecule has 0 saturated heterocycles. The highest BCUT2D eigenvalue weighted by atomic mass is 19.3. The Morgan fingerprint density at radius 2 is 1.86 bits per heavy atom. The van der Waals surface area contributed by atoms with E-state index >= 15 is 0 Å². The second-order valence-corrected chi connectivity index (χ2v) is 5.73. The first-order valence-corrected chi connectivity index (χ1v) is 8.13. The number of amides is 2. The van der Waals surface area contributed by atoms with Gasteiger partial charge in [-0.05, 0) is 30.7 Å². The largest absolute Gasteiger partial charge is 0.435 e. The summed E-state index contributed by atoms with van der Waals surface area (Å²) in [4.78, 5) is 34.1. The lowest BCUT2D eigenvalue weighted by Gasteiger charge is -2.15. The number of benzene rings is 2. The Morgan fingerprint density at radius 3 is 2.46 bits per heavy atom. The molecular weight excluding hydrogens is 376 g/mol. The third-order valence-electron chi connectivity index (χ3n) is 3.71. The van der Waals surface area contributed by atoms with E-state index in [1.54, 1.807) is 6.92 Å². The summed E-state index contributed by atoms with van der Waals surface area (Å²) in [5, 5.41) is 15.8. The second-order valence-electron chi connectivity index (χ2n) is 5.73. The zero-order valence-corrected chi connectivity index (χ0v) is 14.7. The Labute approximate surface area is 158 Å². The molecule has 148 valence electrons. The van der Waals surface area contributed by atoms with E-state index in [1.165, 1.54) is 42.5 Å². The van der Waals surface area contributed by atoms with Crippen LogP contribution in [0.1, 0.15) is 28.9 Å². The van der Waals surface area contributed by atoms with Crippen LogP contribution in [0.3, 0.4) is 0 Å². The fraction of sp³-hybridized carbons (Fsp3) is 0.222. The quantitative estimate of drug-likeness (QED) is 0.529. The highest BCUT2D eigenvalue weighted by Gasteiger charge is 2.14. The molecule has 0 aromatic heterocycles. The van der Waals surface area contributed by atoms with Crippen molar-refractivity contribution in [3.8, 4) is 5.75 Å². The van der Waals surface area contributed by atoms with E-state index in [-0.39, 0.29) is 23.5 Å². The predicted molar refractivity (Wildman–Crippen MR) is 95.1 cm³/mol. The van der Waals surface area contributed by atoms with Crippen LogP contribution in [0.15, 0.2) is 48.5 Å². The average molecular weight is 393 g/mol. The fourth-order valence-corrected chi connectivity index (χ4v) is 2.34. The molecule has 2 aromatic rings. The molecule has 0 aliphatic carbocycles. The Morgan fingerprint density at radius 1 is 1.18 bits per heavy atom. The van der Waals surface area contributed by atoms with E-state index in [0.717, 1.165) is 6.07 Å². The van der Waals surface area contributed by atoms with E-state index in [9.17, 15) is 28.5 Å². The molecule has 10 heteroatoms. The van der Waals surface area contributed by atoms with Crippen molar-refractivity contribution >= 4 is 17.5 Å². The normalized spacial score (nSPS) is 11.6. The number of ether oxygens (including phenoxy) is 1. The molecule has 1 atom stereocenters. The zero-order valence-electron chi connectivity index (χ0n) is 14.7. The van der Waals surface area contributed by atoms with Crippen LogP contribution in [0.5, 0.6) is 5.75 Å². The number of rotatable bonds is 8. The molecule has 28 heavy (non-hydrogen) atoms. The maximum atomic E-state index is 12.1. The number of nitro groups is 1. The van der Waals surface area contributed by atoms with Crippen LogP contribution in [0.4, 0.5) is 14.5 Å². The number of nitrogens with one attached hydrogen (secondary N) is 2. The number of nitro benzene ring substituents is 1. The number of alkyl halides is 2. The molecular formula is C18H17F2N3O5. The van der Waals surface area contributed by atoms with Gasteiger partial charge in [0.15, 0.2) is 0 Å². The van der Waals surface area contributed by atoms with Gasteiger partial charge in [-0.25, -0.2) is 0 Å². The van der Waals surface area contributed by atoms with E-state index in [0.29, 0.717) is 5.56 Å². The average Bonchev–Trinajstić information content (AvgIpc) is 2.66. The summed E-state index contributed by atoms with van der Waals surface area (Å²) in [7, 11) is 0. The lowest BCUT2D eigenvalue weighted by atomic mass is 10.1. The molecule has 0 saturated carbocycles. The van der Waals surface area contributed by atoms with E-state index in [1.807, 2.05) is 0 Å². The summed E-state index contributed by atoms with van der Waals surface area (Å²) < 4.78 is 28.5. The lowest BCUT2D eigenvalue weighted by molar-refractivity contribution is -0.384. The van der Waals surface area contributed by atoms with Gasteiger partial charge in [0.05, 0.1) is 17.5 Å². The Balaban J connectivity index is 1.87. The highest BCUT2D eigenvalue weighted by Crippen LogP contribution is 2.19. The Hall–Kier alpha value is -3.56. The van der Waals surface area contributed by atoms with Crippen LogP contribution in [-0.4, -0.2) is 29.9 Å². The summed E-state index contributed by atoms with van der Waals surface area (Å²) in [6.45, 7) is -1.57. The number of nitrogens with zero attached hydrogens (tertiary/aromatic N) is 1. The number of hydrogen-bond donors (Lipinski definition) is 2. The second kappa shape index (κ2) is 9.40. The molecule has 0 aliphatic heterocycles. The molecule has 0 fully saturated rings. The monoisotopic (exact) mass is 393 g/mol. The zero-order chi connectivity index (χ0) is 20.7. The van der Waals surface area contributed by atoms with Gasteiger partial charge in [0.1, 0.15) is 5.75 Å². The number of carbonyl (C=O) groups is 2. The van der Waals surface area contributed by atoms with Gasteiger partial charge >= 0.3 is 6.61 Å². The van der Waals surface area contributed by atoms with Gasteiger partial charge in [0.2, 0.25) is 5.91 Å². The molecule has 0 aliphatic rings. The van der Waals surface area contributed by atoms with Gasteiger partial charge < -0.3 is 15.4 Å². The molecule has 2 amide bonds. The maximum absolute atomic E-state index is 12.1. The van der Waals surface area contributed by atoms with Crippen LogP contribution in [0.25, 0.3) is 0 Å². The minimum Gasteiger partial charge on any atom is -0.435 e. The van der Waals surface area contributed by atoms with Crippen molar-refractivity contribution in [1.82, 2.24) is 10.6 Å². The van der Waals surface area contributed by atoms with Crippen molar-refractivity contribution < 1.29 is 28.0 Å². The van der Waals surface area contributed by atoms with Gasteiger partial charge in [-0.1, -0.05) is 18.2 Å². The van der Waals surface area contributed by atoms with E-state index < -0.39 is 29.4 Å².